The van der Waals surface area contributed by atoms with Gasteiger partial charge in [-0.15, -0.1) is 0 Å². The van der Waals surface area contributed by atoms with Crippen molar-refractivity contribution in [1.29, 1.82) is 0 Å². The van der Waals surface area contributed by atoms with Gasteiger partial charge in [-0.25, -0.2) is 0 Å². The quantitative estimate of drug-likeness (QED) is 0.614. The molecule has 1 aromatic rings. The summed E-state index contributed by atoms with van der Waals surface area (Å²) in [5.41, 5.74) is 0.665. The topological polar surface area (TPSA) is 81.7 Å². The standard InChI is InChI=1S/C18H26ClN3O3/c19-14-4-6-15(7-5-14)21-18(25)9-8-17(24)20-10-2-12-22-11-1-3-16(23)13-22/h4-7,16,23H,1-3,8-13H2,(H,20,24)(H,21,25). The summed E-state index contributed by atoms with van der Waals surface area (Å²) < 4.78 is 0. The number of aliphatic hydroxyl groups excluding tert-OH is 1. The number of hydrogen-bond acceptors (Lipinski definition) is 4. The molecular formula is C18H26ClN3O3. The van der Waals surface area contributed by atoms with Gasteiger partial charge in [0.2, 0.25) is 11.8 Å². The second-order valence-electron chi connectivity index (χ2n) is 6.36. The van der Waals surface area contributed by atoms with E-state index in [1.807, 2.05) is 0 Å². The third-order valence-corrected chi connectivity index (χ3v) is 4.41. The van der Waals surface area contributed by atoms with Crippen molar-refractivity contribution in [2.24, 2.45) is 0 Å². The van der Waals surface area contributed by atoms with Crippen LogP contribution in [0.3, 0.4) is 0 Å². The Hall–Kier alpha value is -1.63. The first-order valence-electron chi connectivity index (χ1n) is 8.75. The van der Waals surface area contributed by atoms with E-state index < -0.39 is 0 Å². The molecule has 1 aliphatic rings. The number of anilines is 1. The molecule has 1 aromatic carbocycles. The lowest BCUT2D eigenvalue weighted by molar-refractivity contribution is -0.124. The molecule has 0 spiro atoms. The molecule has 1 fully saturated rings. The highest BCUT2D eigenvalue weighted by atomic mass is 35.5. The molecule has 1 unspecified atom stereocenters. The summed E-state index contributed by atoms with van der Waals surface area (Å²) in [6, 6.07) is 6.84. The number of likely N-dealkylation sites (tertiary alicyclic amines) is 1. The van der Waals surface area contributed by atoms with Gasteiger partial charge in [0.15, 0.2) is 0 Å². The monoisotopic (exact) mass is 367 g/mol. The van der Waals surface area contributed by atoms with E-state index >= 15 is 0 Å². The Morgan fingerprint density at radius 1 is 1.20 bits per heavy atom. The summed E-state index contributed by atoms with van der Waals surface area (Å²) in [6.07, 6.45) is 2.84. The predicted octanol–water partition coefficient (Wildman–Crippen LogP) is 2.02. The molecule has 0 bridgehead atoms. The van der Waals surface area contributed by atoms with Crippen LogP contribution in [0.15, 0.2) is 24.3 Å². The minimum absolute atomic E-state index is 0.120. The molecule has 0 saturated carbocycles. The Kier molecular flexibility index (Phi) is 8.18. The van der Waals surface area contributed by atoms with Crippen LogP contribution < -0.4 is 10.6 Å². The number of piperidine rings is 1. The first-order chi connectivity index (χ1) is 12.0. The van der Waals surface area contributed by atoms with Gasteiger partial charge in [0.1, 0.15) is 0 Å². The summed E-state index contributed by atoms with van der Waals surface area (Å²) in [4.78, 5) is 25.8. The van der Waals surface area contributed by atoms with Gasteiger partial charge in [0, 0.05) is 36.6 Å². The van der Waals surface area contributed by atoms with Crippen LogP contribution in [-0.4, -0.2) is 54.1 Å². The molecule has 7 heteroatoms. The minimum atomic E-state index is -0.220. The Morgan fingerprint density at radius 2 is 1.92 bits per heavy atom. The second-order valence-corrected chi connectivity index (χ2v) is 6.79. The highest BCUT2D eigenvalue weighted by Gasteiger charge is 2.16. The summed E-state index contributed by atoms with van der Waals surface area (Å²) in [7, 11) is 0. The number of amides is 2. The largest absolute Gasteiger partial charge is 0.392 e. The van der Waals surface area contributed by atoms with Crippen LogP contribution in [0.5, 0.6) is 0 Å². The third kappa shape index (κ3) is 7.86. The van der Waals surface area contributed by atoms with Crippen molar-refractivity contribution < 1.29 is 14.7 Å². The van der Waals surface area contributed by atoms with Gasteiger partial charge in [-0.1, -0.05) is 11.6 Å². The molecule has 1 atom stereocenters. The van der Waals surface area contributed by atoms with Crippen LogP contribution >= 0.6 is 11.6 Å². The van der Waals surface area contributed by atoms with Crippen molar-refractivity contribution in [3.05, 3.63) is 29.3 Å². The van der Waals surface area contributed by atoms with E-state index in [0.29, 0.717) is 17.3 Å². The molecule has 138 valence electrons. The number of carbonyl (C=O) groups is 2. The van der Waals surface area contributed by atoms with Crippen molar-refractivity contribution in [3.8, 4) is 0 Å². The van der Waals surface area contributed by atoms with Crippen LogP contribution in [0.25, 0.3) is 0 Å². The Morgan fingerprint density at radius 3 is 2.64 bits per heavy atom. The minimum Gasteiger partial charge on any atom is -0.392 e. The number of aliphatic hydroxyl groups is 1. The highest BCUT2D eigenvalue weighted by molar-refractivity contribution is 6.30. The van der Waals surface area contributed by atoms with Gasteiger partial charge in [-0.3, -0.25) is 9.59 Å². The van der Waals surface area contributed by atoms with E-state index in [1.165, 1.54) is 0 Å². The SMILES string of the molecule is O=C(CCC(=O)Nc1ccc(Cl)cc1)NCCCN1CCCC(O)C1. The first kappa shape index (κ1) is 19.7. The van der Waals surface area contributed by atoms with Gasteiger partial charge >= 0.3 is 0 Å². The maximum absolute atomic E-state index is 11.8. The van der Waals surface area contributed by atoms with E-state index in [4.69, 9.17) is 11.6 Å². The molecule has 3 N–H and O–H groups in total. The molecule has 0 aromatic heterocycles. The van der Waals surface area contributed by atoms with Crippen molar-refractivity contribution in [2.45, 2.75) is 38.2 Å². The summed E-state index contributed by atoms with van der Waals surface area (Å²) in [6.45, 7) is 3.19. The number of hydrogen-bond donors (Lipinski definition) is 3. The normalized spacial score (nSPS) is 17.9. The van der Waals surface area contributed by atoms with Crippen molar-refractivity contribution >= 4 is 29.1 Å². The van der Waals surface area contributed by atoms with E-state index in [0.717, 1.165) is 38.9 Å². The maximum atomic E-state index is 11.8. The van der Waals surface area contributed by atoms with E-state index in [9.17, 15) is 14.7 Å². The second kappa shape index (κ2) is 10.4. The Labute approximate surface area is 153 Å². The highest BCUT2D eigenvalue weighted by Crippen LogP contribution is 2.13. The number of rotatable bonds is 8. The number of β-amino-alcohol motifs (C(OH)–C–C–N with tert-alkyl or cyclic N) is 1. The van der Waals surface area contributed by atoms with E-state index in [2.05, 4.69) is 15.5 Å². The molecule has 25 heavy (non-hydrogen) atoms. The van der Waals surface area contributed by atoms with E-state index in [1.54, 1.807) is 24.3 Å². The molecule has 0 radical (unpaired) electrons. The summed E-state index contributed by atoms with van der Waals surface area (Å²) in [5.74, 6) is -0.315. The first-order valence-corrected chi connectivity index (χ1v) is 9.13. The smallest absolute Gasteiger partial charge is 0.224 e. The Bertz CT molecular complexity index is 565. The predicted molar refractivity (Wildman–Crippen MR) is 98.6 cm³/mol. The Balaban J connectivity index is 1.54. The number of halogens is 1. The van der Waals surface area contributed by atoms with Crippen LogP contribution in [0.2, 0.25) is 5.02 Å². The lowest BCUT2D eigenvalue weighted by Crippen LogP contribution is -2.39. The zero-order valence-electron chi connectivity index (χ0n) is 14.3. The molecule has 2 amide bonds. The van der Waals surface area contributed by atoms with Gasteiger partial charge < -0.3 is 20.6 Å². The average molecular weight is 368 g/mol. The van der Waals surface area contributed by atoms with Crippen LogP contribution in [0.1, 0.15) is 32.1 Å². The van der Waals surface area contributed by atoms with Crippen molar-refractivity contribution in [2.75, 3.05) is 31.5 Å². The number of carbonyl (C=O) groups excluding carboxylic acids is 2. The fraction of sp³-hybridized carbons (Fsp3) is 0.556. The fourth-order valence-electron chi connectivity index (χ4n) is 2.84. The van der Waals surface area contributed by atoms with Gasteiger partial charge in [-0.2, -0.15) is 0 Å². The van der Waals surface area contributed by atoms with Gasteiger partial charge in [0.05, 0.1) is 6.10 Å². The van der Waals surface area contributed by atoms with E-state index in [-0.39, 0.29) is 30.8 Å². The average Bonchev–Trinajstić information content (AvgIpc) is 2.59. The maximum Gasteiger partial charge on any atom is 0.224 e. The molecule has 0 aliphatic carbocycles. The molecule has 1 heterocycles. The number of nitrogens with zero attached hydrogens (tertiary/aromatic N) is 1. The summed E-state index contributed by atoms with van der Waals surface area (Å²) in [5, 5.41) is 15.8. The molecule has 1 aliphatic heterocycles. The fourth-order valence-corrected chi connectivity index (χ4v) is 2.96. The molecule has 1 saturated heterocycles. The van der Waals surface area contributed by atoms with Crippen LogP contribution in [-0.2, 0) is 9.59 Å². The lowest BCUT2D eigenvalue weighted by atomic mass is 10.1. The molecule has 6 nitrogen and oxygen atoms in total. The van der Waals surface area contributed by atoms with Crippen LogP contribution in [0, 0.1) is 0 Å². The van der Waals surface area contributed by atoms with Gasteiger partial charge in [-0.05, 0) is 56.6 Å². The van der Waals surface area contributed by atoms with Gasteiger partial charge in [0.25, 0.3) is 0 Å². The third-order valence-electron chi connectivity index (χ3n) is 4.16. The molecule has 2 rings (SSSR count). The number of benzene rings is 1. The summed E-state index contributed by atoms with van der Waals surface area (Å²) >= 11 is 5.79. The van der Waals surface area contributed by atoms with Crippen LogP contribution in [0.4, 0.5) is 5.69 Å². The zero-order valence-corrected chi connectivity index (χ0v) is 15.1. The zero-order chi connectivity index (χ0) is 18.1. The van der Waals surface area contributed by atoms with Crippen molar-refractivity contribution in [3.63, 3.8) is 0 Å². The lowest BCUT2D eigenvalue weighted by Gasteiger charge is -2.29. The van der Waals surface area contributed by atoms with Crippen molar-refractivity contribution in [1.82, 2.24) is 10.2 Å². The number of nitrogens with one attached hydrogen (secondary N) is 2. The molecular weight excluding hydrogens is 342 g/mol.